The van der Waals surface area contributed by atoms with E-state index in [2.05, 4.69) is 42.5 Å². The number of fused-ring (bicyclic) bond motifs is 2. The highest BCUT2D eigenvalue weighted by Crippen LogP contribution is 2.29. The van der Waals surface area contributed by atoms with Crippen molar-refractivity contribution < 1.29 is 12.8 Å². The van der Waals surface area contributed by atoms with Gasteiger partial charge in [0.05, 0.1) is 28.5 Å². The summed E-state index contributed by atoms with van der Waals surface area (Å²) in [6, 6.07) is 15.3. The molecule has 2 aromatic heterocycles. The van der Waals surface area contributed by atoms with Crippen molar-refractivity contribution in [3.63, 3.8) is 0 Å². The van der Waals surface area contributed by atoms with Crippen LogP contribution in [0.15, 0.2) is 57.8 Å². The van der Waals surface area contributed by atoms with Crippen LogP contribution in [0.25, 0.3) is 22.0 Å². The standard InChI is InChI=1S/C24H30N4O3S/c1-6-13-28-21-12-11-19(32(29,30)26(3)4)15-20(21)25-24(28)16-27(5)17(2)23-14-18-9-7-8-10-22(18)31-23/h7-12,14-15,17H,6,13,16H2,1-5H3/t17-/m0/s1. The van der Waals surface area contributed by atoms with Crippen molar-refractivity contribution in [3.8, 4) is 0 Å². The van der Waals surface area contributed by atoms with Crippen molar-refractivity contribution in [3.05, 3.63) is 60.1 Å². The van der Waals surface area contributed by atoms with Crippen LogP contribution in [-0.2, 0) is 23.1 Å². The Balaban J connectivity index is 1.66. The molecule has 32 heavy (non-hydrogen) atoms. The maximum Gasteiger partial charge on any atom is 0.242 e. The quantitative estimate of drug-likeness (QED) is 0.388. The second kappa shape index (κ2) is 8.69. The van der Waals surface area contributed by atoms with E-state index in [4.69, 9.17) is 9.40 Å². The molecule has 2 heterocycles. The lowest BCUT2D eigenvalue weighted by molar-refractivity contribution is 0.219. The predicted octanol–water partition coefficient (Wildman–Crippen LogP) is 4.64. The maximum absolute atomic E-state index is 12.6. The smallest absolute Gasteiger partial charge is 0.242 e. The van der Waals surface area contributed by atoms with Crippen LogP contribution >= 0.6 is 0 Å². The number of nitrogens with zero attached hydrogens (tertiary/aromatic N) is 4. The van der Waals surface area contributed by atoms with Crippen molar-refractivity contribution in [1.82, 2.24) is 18.8 Å². The average molecular weight is 455 g/mol. The molecule has 8 heteroatoms. The Morgan fingerprint density at radius 2 is 1.84 bits per heavy atom. The molecule has 170 valence electrons. The lowest BCUT2D eigenvalue weighted by Crippen LogP contribution is -2.23. The van der Waals surface area contributed by atoms with Gasteiger partial charge in [-0.05, 0) is 50.7 Å². The molecule has 0 saturated heterocycles. The molecule has 4 rings (SSSR count). The highest BCUT2D eigenvalue weighted by Gasteiger charge is 2.22. The van der Waals surface area contributed by atoms with Crippen LogP contribution < -0.4 is 0 Å². The molecule has 0 saturated carbocycles. The summed E-state index contributed by atoms with van der Waals surface area (Å²) in [7, 11) is 1.62. The minimum Gasteiger partial charge on any atom is -0.459 e. The molecule has 1 atom stereocenters. The second-order valence-corrected chi connectivity index (χ2v) is 10.5. The molecule has 0 aliphatic rings. The number of aromatic nitrogens is 2. The molecule has 0 amide bonds. The van der Waals surface area contributed by atoms with Crippen LogP contribution in [0.3, 0.4) is 0 Å². The summed E-state index contributed by atoms with van der Waals surface area (Å²) in [4.78, 5) is 7.28. The number of rotatable bonds is 8. The number of imidazole rings is 1. The molecule has 0 radical (unpaired) electrons. The van der Waals surface area contributed by atoms with Gasteiger partial charge in [-0.1, -0.05) is 25.1 Å². The van der Waals surface area contributed by atoms with Gasteiger partial charge < -0.3 is 8.98 Å². The van der Waals surface area contributed by atoms with Crippen LogP contribution in [0.2, 0.25) is 0 Å². The van der Waals surface area contributed by atoms with Crippen LogP contribution in [0.4, 0.5) is 0 Å². The fraction of sp³-hybridized carbons (Fsp3) is 0.375. The average Bonchev–Trinajstić information content (AvgIpc) is 3.34. The lowest BCUT2D eigenvalue weighted by atomic mass is 10.2. The number of sulfonamides is 1. The molecule has 0 spiro atoms. The van der Waals surface area contributed by atoms with Crippen LogP contribution in [0.5, 0.6) is 0 Å². The van der Waals surface area contributed by atoms with Gasteiger partial charge in [-0.3, -0.25) is 4.90 Å². The summed E-state index contributed by atoms with van der Waals surface area (Å²) >= 11 is 0. The Morgan fingerprint density at radius 3 is 2.53 bits per heavy atom. The summed E-state index contributed by atoms with van der Waals surface area (Å²) in [5.41, 5.74) is 2.53. The van der Waals surface area contributed by atoms with E-state index in [9.17, 15) is 8.42 Å². The third-order valence-electron chi connectivity index (χ3n) is 5.93. The predicted molar refractivity (Wildman–Crippen MR) is 127 cm³/mol. The highest BCUT2D eigenvalue weighted by atomic mass is 32.2. The molecule has 0 aliphatic carbocycles. The lowest BCUT2D eigenvalue weighted by Gasteiger charge is -2.23. The molecular weight excluding hydrogens is 424 g/mol. The summed E-state index contributed by atoms with van der Waals surface area (Å²) in [5, 5.41) is 1.09. The Labute approximate surface area is 189 Å². The maximum atomic E-state index is 12.6. The van der Waals surface area contributed by atoms with Gasteiger partial charge in [-0.2, -0.15) is 0 Å². The van der Waals surface area contributed by atoms with E-state index in [0.29, 0.717) is 12.1 Å². The molecule has 7 nitrogen and oxygen atoms in total. The van der Waals surface area contributed by atoms with Gasteiger partial charge in [-0.15, -0.1) is 0 Å². The SMILES string of the molecule is CCCn1c(CN(C)[C@@H](C)c2cc3ccccc3o2)nc2cc(S(=O)(=O)N(C)C)ccc21. The second-order valence-electron chi connectivity index (χ2n) is 8.40. The molecule has 0 aliphatic heterocycles. The van der Waals surface area contributed by atoms with Crippen molar-refractivity contribution in [1.29, 1.82) is 0 Å². The zero-order valence-corrected chi connectivity index (χ0v) is 20.1. The fourth-order valence-electron chi connectivity index (χ4n) is 3.91. The van der Waals surface area contributed by atoms with Crippen LogP contribution in [-0.4, -0.2) is 48.3 Å². The van der Waals surface area contributed by atoms with Crippen molar-refractivity contribution >= 4 is 32.0 Å². The summed E-state index contributed by atoms with van der Waals surface area (Å²) < 4.78 is 34.6. The van der Waals surface area contributed by atoms with E-state index in [1.54, 1.807) is 12.1 Å². The minimum absolute atomic E-state index is 0.0574. The largest absolute Gasteiger partial charge is 0.459 e. The van der Waals surface area contributed by atoms with Gasteiger partial charge in [0, 0.05) is 26.0 Å². The number of hydrogen-bond acceptors (Lipinski definition) is 5. The minimum atomic E-state index is -3.51. The van der Waals surface area contributed by atoms with Gasteiger partial charge in [0.2, 0.25) is 10.0 Å². The third-order valence-corrected chi connectivity index (χ3v) is 7.74. The van der Waals surface area contributed by atoms with E-state index < -0.39 is 10.0 Å². The van der Waals surface area contributed by atoms with Gasteiger partial charge in [0.25, 0.3) is 0 Å². The van der Waals surface area contributed by atoms with Crippen LogP contribution in [0, 0.1) is 0 Å². The first-order valence-electron chi connectivity index (χ1n) is 10.8. The molecule has 0 fully saturated rings. The summed E-state index contributed by atoms with van der Waals surface area (Å²) in [6.45, 7) is 5.68. The number of furan rings is 1. The van der Waals surface area contributed by atoms with Gasteiger partial charge in [-0.25, -0.2) is 17.7 Å². The fourth-order valence-corrected chi connectivity index (χ4v) is 4.83. The van der Waals surface area contributed by atoms with Crippen molar-refractivity contribution in [2.75, 3.05) is 21.1 Å². The molecule has 0 bridgehead atoms. The van der Waals surface area contributed by atoms with Gasteiger partial charge in [0.1, 0.15) is 17.2 Å². The molecule has 0 unspecified atom stereocenters. The first kappa shape index (κ1) is 22.5. The molecule has 2 aromatic carbocycles. The number of benzene rings is 2. The van der Waals surface area contributed by atoms with E-state index in [-0.39, 0.29) is 10.9 Å². The normalized spacial score (nSPS) is 13.6. The zero-order valence-electron chi connectivity index (χ0n) is 19.2. The Hall–Kier alpha value is -2.68. The van der Waals surface area contributed by atoms with Crippen molar-refractivity contribution in [2.24, 2.45) is 0 Å². The monoisotopic (exact) mass is 454 g/mol. The Bertz CT molecular complexity index is 1320. The van der Waals surface area contributed by atoms with E-state index >= 15 is 0 Å². The molecule has 0 N–H and O–H groups in total. The van der Waals surface area contributed by atoms with E-state index in [0.717, 1.165) is 41.0 Å². The zero-order chi connectivity index (χ0) is 23.0. The molecule has 4 aromatic rings. The number of para-hydroxylation sites is 1. The first-order valence-corrected chi connectivity index (χ1v) is 12.3. The molecular formula is C24H30N4O3S. The van der Waals surface area contributed by atoms with Gasteiger partial charge >= 0.3 is 0 Å². The topological polar surface area (TPSA) is 71.6 Å². The van der Waals surface area contributed by atoms with Crippen molar-refractivity contribution in [2.45, 2.75) is 44.3 Å². The Morgan fingerprint density at radius 1 is 1.09 bits per heavy atom. The highest BCUT2D eigenvalue weighted by molar-refractivity contribution is 7.89. The number of hydrogen-bond donors (Lipinski definition) is 0. The van der Waals surface area contributed by atoms with E-state index in [1.807, 2.05) is 24.3 Å². The van der Waals surface area contributed by atoms with Gasteiger partial charge in [0.15, 0.2) is 0 Å². The first-order chi connectivity index (χ1) is 15.2. The van der Waals surface area contributed by atoms with Crippen LogP contribution in [0.1, 0.15) is 37.9 Å². The Kier molecular flexibility index (Phi) is 6.11. The summed E-state index contributed by atoms with van der Waals surface area (Å²) in [6.07, 6.45) is 0.957. The third kappa shape index (κ3) is 4.05. The number of aryl methyl sites for hydroxylation is 1. The van der Waals surface area contributed by atoms with E-state index in [1.165, 1.54) is 18.4 Å². The summed E-state index contributed by atoms with van der Waals surface area (Å²) in [5.74, 6) is 1.82.